The molecule has 0 atom stereocenters. The average molecular weight is 416 g/mol. The van der Waals surface area contributed by atoms with Crippen LogP contribution in [0, 0.1) is 0 Å². The van der Waals surface area contributed by atoms with Gasteiger partial charge in [0.2, 0.25) is 0 Å². The molecule has 0 saturated heterocycles. The van der Waals surface area contributed by atoms with E-state index >= 15 is 0 Å². The van der Waals surface area contributed by atoms with Crippen LogP contribution in [0.15, 0.2) is 64.1 Å². The Morgan fingerprint density at radius 2 is 2.07 bits per heavy atom. The minimum Gasteiger partial charge on any atom is -0.495 e. The number of carbonyl (C=O) groups is 1. The zero-order valence-corrected chi connectivity index (χ0v) is 17.7. The first-order valence-corrected chi connectivity index (χ1v) is 10.5. The maximum atomic E-state index is 12.1. The van der Waals surface area contributed by atoms with Crippen LogP contribution in [-0.4, -0.2) is 32.0 Å². The van der Waals surface area contributed by atoms with Gasteiger partial charge < -0.3 is 14.5 Å². The number of allylic oxidation sites excluding steroid dienone is 5. The highest BCUT2D eigenvalue weighted by Crippen LogP contribution is 2.31. The number of Topliss-reactive ketones (excluding diaryl/α,β-unsaturated/α-hetero) is 1. The Balaban J connectivity index is 2.24. The van der Waals surface area contributed by atoms with E-state index in [9.17, 15) is 13.2 Å². The van der Waals surface area contributed by atoms with E-state index in [0.717, 1.165) is 5.57 Å². The van der Waals surface area contributed by atoms with Crippen LogP contribution in [0.1, 0.15) is 26.5 Å². The third-order valence-corrected chi connectivity index (χ3v) is 5.87. The van der Waals surface area contributed by atoms with Gasteiger partial charge in [0.25, 0.3) is 6.01 Å². The van der Waals surface area contributed by atoms with Gasteiger partial charge in [-0.3, -0.25) is 4.79 Å². The van der Waals surface area contributed by atoms with Crippen molar-refractivity contribution in [2.24, 2.45) is 0 Å². The van der Waals surface area contributed by atoms with Gasteiger partial charge in [0, 0.05) is 5.57 Å². The summed E-state index contributed by atoms with van der Waals surface area (Å²) in [5, 5.41) is 2.95. The van der Waals surface area contributed by atoms with Crippen LogP contribution in [-0.2, 0) is 14.6 Å². The molecule has 0 fully saturated rings. The van der Waals surface area contributed by atoms with Crippen molar-refractivity contribution in [2.45, 2.75) is 25.7 Å². The van der Waals surface area contributed by atoms with Gasteiger partial charge in [-0.1, -0.05) is 31.7 Å². The van der Waals surface area contributed by atoms with Crippen molar-refractivity contribution in [1.29, 1.82) is 0 Å². The van der Waals surface area contributed by atoms with Gasteiger partial charge in [0.1, 0.15) is 5.75 Å². The lowest BCUT2D eigenvalue weighted by atomic mass is 10.2. The smallest absolute Gasteiger partial charge is 0.299 e. The average Bonchev–Trinajstić information content (AvgIpc) is 3.16. The molecule has 1 aromatic carbocycles. The fourth-order valence-corrected chi connectivity index (χ4v) is 3.19. The molecule has 2 rings (SSSR count). The van der Waals surface area contributed by atoms with Crippen molar-refractivity contribution in [1.82, 2.24) is 4.98 Å². The Morgan fingerprint density at radius 1 is 1.34 bits per heavy atom. The van der Waals surface area contributed by atoms with Crippen LogP contribution in [0.3, 0.4) is 0 Å². The number of hydrogen-bond donors (Lipinski definition) is 1. The topological polar surface area (TPSA) is 98.5 Å². The molecule has 0 unspecified atom stereocenters. The van der Waals surface area contributed by atoms with Crippen molar-refractivity contribution < 1.29 is 22.4 Å². The zero-order chi connectivity index (χ0) is 21.6. The number of anilines is 2. The maximum absolute atomic E-state index is 12.1. The number of benzene rings is 1. The Morgan fingerprint density at radius 3 is 2.69 bits per heavy atom. The number of ketones is 1. The second-order valence-electron chi connectivity index (χ2n) is 6.21. The number of methoxy groups -OCH3 is 1. The Kier molecular flexibility index (Phi) is 7.17. The third kappa shape index (κ3) is 5.68. The molecule has 1 N–H and O–H groups in total. The minimum atomic E-state index is -3.36. The van der Waals surface area contributed by atoms with Gasteiger partial charge in [-0.2, -0.15) is 0 Å². The van der Waals surface area contributed by atoms with Crippen molar-refractivity contribution in [3.63, 3.8) is 0 Å². The number of aromatic nitrogens is 1. The molecule has 0 aliphatic rings. The summed E-state index contributed by atoms with van der Waals surface area (Å²) in [7, 11) is -1.87. The van der Waals surface area contributed by atoms with Crippen molar-refractivity contribution in [3.05, 3.63) is 60.5 Å². The molecule has 1 heterocycles. The summed E-state index contributed by atoms with van der Waals surface area (Å²) < 4.78 is 35.3. The van der Waals surface area contributed by atoms with Crippen LogP contribution < -0.4 is 10.1 Å². The normalized spacial score (nSPS) is 12.2. The Labute approximate surface area is 170 Å². The van der Waals surface area contributed by atoms with E-state index in [-0.39, 0.29) is 22.4 Å². The summed E-state index contributed by atoms with van der Waals surface area (Å²) in [6.45, 7) is 8.53. The second kappa shape index (κ2) is 9.38. The van der Waals surface area contributed by atoms with E-state index in [1.165, 1.54) is 26.2 Å². The molecule has 29 heavy (non-hydrogen) atoms. The van der Waals surface area contributed by atoms with E-state index in [4.69, 9.17) is 9.15 Å². The molecular weight excluding hydrogens is 392 g/mol. The van der Waals surface area contributed by atoms with Gasteiger partial charge >= 0.3 is 0 Å². The molecule has 8 heteroatoms. The molecular formula is C21H24N2O5S. The molecule has 0 bridgehead atoms. The van der Waals surface area contributed by atoms with Gasteiger partial charge in [0.15, 0.2) is 21.4 Å². The number of sulfone groups is 1. The first-order valence-electron chi connectivity index (χ1n) is 8.86. The van der Waals surface area contributed by atoms with E-state index in [1.807, 2.05) is 6.92 Å². The zero-order valence-electron chi connectivity index (χ0n) is 16.9. The Hall–Kier alpha value is -3.13. The molecule has 0 saturated carbocycles. The lowest BCUT2D eigenvalue weighted by Gasteiger charge is -2.10. The van der Waals surface area contributed by atoms with Crippen molar-refractivity contribution >= 4 is 32.9 Å². The minimum absolute atomic E-state index is 0.00449. The summed E-state index contributed by atoms with van der Waals surface area (Å²) in [6.07, 6.45) is 6.64. The van der Waals surface area contributed by atoms with Crippen LogP contribution >= 0.6 is 0 Å². The summed E-state index contributed by atoms with van der Waals surface area (Å²) in [4.78, 5) is 15.5. The first-order chi connectivity index (χ1) is 13.7. The summed E-state index contributed by atoms with van der Waals surface area (Å²) in [5.41, 5.74) is 1.62. The molecule has 0 amide bonds. The highest BCUT2D eigenvalue weighted by Gasteiger charge is 2.16. The summed E-state index contributed by atoms with van der Waals surface area (Å²) in [5.74, 6) is 0.870. The van der Waals surface area contributed by atoms with Crippen LogP contribution in [0.2, 0.25) is 0 Å². The number of oxazole rings is 1. The lowest BCUT2D eigenvalue weighted by Crippen LogP contribution is -2.05. The highest BCUT2D eigenvalue weighted by molar-refractivity contribution is 7.91. The van der Waals surface area contributed by atoms with Gasteiger partial charge in [-0.25, -0.2) is 13.4 Å². The highest BCUT2D eigenvalue weighted by atomic mass is 32.2. The van der Waals surface area contributed by atoms with E-state index in [1.54, 1.807) is 37.4 Å². The van der Waals surface area contributed by atoms with E-state index < -0.39 is 9.84 Å². The molecule has 7 nitrogen and oxygen atoms in total. The van der Waals surface area contributed by atoms with E-state index in [2.05, 4.69) is 16.9 Å². The number of rotatable bonds is 9. The first kappa shape index (κ1) is 22.2. The molecule has 0 aliphatic carbocycles. The van der Waals surface area contributed by atoms with Gasteiger partial charge in [0.05, 0.1) is 29.6 Å². The molecule has 0 aliphatic heterocycles. The van der Waals surface area contributed by atoms with Gasteiger partial charge in [-0.15, -0.1) is 0 Å². The Bertz CT molecular complexity index is 1080. The van der Waals surface area contributed by atoms with Gasteiger partial charge in [-0.05, 0) is 37.6 Å². The number of ether oxygens (including phenoxy) is 1. The SMILES string of the molecule is C=C(/C=C\C=C(/C)c1cnc(Nc2cc(S(=O)(=O)CC)ccc2OC)o1)C(C)=O. The molecule has 1 aromatic heterocycles. The quantitative estimate of drug-likeness (QED) is 0.480. The second-order valence-corrected chi connectivity index (χ2v) is 8.49. The van der Waals surface area contributed by atoms with Crippen LogP contribution in [0.5, 0.6) is 5.75 Å². The summed E-state index contributed by atoms with van der Waals surface area (Å²) >= 11 is 0. The number of carbonyl (C=O) groups excluding carboxylic acids is 1. The maximum Gasteiger partial charge on any atom is 0.299 e. The molecule has 154 valence electrons. The van der Waals surface area contributed by atoms with Crippen LogP contribution in [0.4, 0.5) is 11.7 Å². The van der Waals surface area contributed by atoms with E-state index in [0.29, 0.717) is 22.8 Å². The number of nitrogens with one attached hydrogen (secondary N) is 1. The predicted octanol–water partition coefficient (Wildman–Crippen LogP) is 4.33. The van der Waals surface area contributed by atoms with Crippen molar-refractivity contribution in [3.8, 4) is 5.75 Å². The lowest BCUT2D eigenvalue weighted by molar-refractivity contribution is -0.113. The number of nitrogens with zero attached hydrogens (tertiary/aromatic N) is 1. The largest absolute Gasteiger partial charge is 0.495 e. The standard InChI is InChI=1S/C21H24N2O5S/c1-6-29(25,26)17-10-11-19(27-5)18(12-17)23-21-22-13-20(28-21)15(3)9-7-8-14(2)16(4)24/h7-13H,2,6H2,1,3-5H3,(H,22,23)/b8-7-,15-9+. The molecule has 0 spiro atoms. The monoisotopic (exact) mass is 416 g/mol. The fourth-order valence-electron chi connectivity index (χ4n) is 2.28. The molecule has 2 aromatic rings. The predicted molar refractivity (Wildman–Crippen MR) is 113 cm³/mol. The summed E-state index contributed by atoms with van der Waals surface area (Å²) in [6, 6.07) is 4.75. The number of hydrogen-bond acceptors (Lipinski definition) is 7. The fraction of sp³-hybridized carbons (Fsp3) is 0.238. The molecule has 0 radical (unpaired) electrons. The van der Waals surface area contributed by atoms with Crippen LogP contribution in [0.25, 0.3) is 5.57 Å². The third-order valence-electron chi connectivity index (χ3n) is 4.14. The van der Waals surface area contributed by atoms with Crippen molar-refractivity contribution in [2.75, 3.05) is 18.2 Å².